The largest absolute Gasteiger partial charge is 0.338 e. The molecule has 0 unspecified atom stereocenters. The summed E-state index contributed by atoms with van der Waals surface area (Å²) in [5.74, 6) is 0. The molecule has 2 aromatic carbocycles. The number of nitrogens with zero attached hydrogens (tertiary/aromatic N) is 2. The maximum absolute atomic E-state index is 3.52. The van der Waals surface area contributed by atoms with Gasteiger partial charge in [0.2, 0.25) is 0 Å². The highest BCUT2D eigenvalue weighted by Crippen LogP contribution is 2.35. The summed E-state index contributed by atoms with van der Waals surface area (Å²) in [6.45, 7) is 9.37. The quantitative estimate of drug-likeness (QED) is 0.846. The van der Waals surface area contributed by atoms with Gasteiger partial charge in [-0.05, 0) is 76.9 Å². The summed E-state index contributed by atoms with van der Waals surface area (Å²) in [7, 11) is 0. The standard InChI is InChI=1S/C24H33N3/c1-20-8-10-22(11-9-20)27(21-6-4-3-5-7-21)23-12-18-26(19-13-23)24(2)14-16-25-17-15-24/h3-11,23,25H,12-19H2,1-2H3. The highest BCUT2D eigenvalue weighted by atomic mass is 15.2. The molecule has 2 aromatic rings. The van der Waals surface area contributed by atoms with Crippen LogP contribution in [0.1, 0.15) is 38.2 Å². The van der Waals surface area contributed by atoms with Gasteiger partial charge in [-0.1, -0.05) is 35.9 Å². The summed E-state index contributed by atoms with van der Waals surface area (Å²) < 4.78 is 0. The fourth-order valence-electron chi connectivity index (χ4n) is 4.81. The van der Waals surface area contributed by atoms with Gasteiger partial charge >= 0.3 is 0 Å². The molecule has 2 aliphatic heterocycles. The molecule has 2 fully saturated rings. The zero-order valence-electron chi connectivity index (χ0n) is 16.8. The minimum Gasteiger partial charge on any atom is -0.338 e. The van der Waals surface area contributed by atoms with Crippen molar-refractivity contribution in [1.29, 1.82) is 0 Å². The molecule has 0 atom stereocenters. The van der Waals surface area contributed by atoms with E-state index in [1.54, 1.807) is 0 Å². The summed E-state index contributed by atoms with van der Waals surface area (Å²) >= 11 is 0. The molecule has 0 amide bonds. The number of anilines is 2. The summed E-state index contributed by atoms with van der Waals surface area (Å²) in [6.07, 6.45) is 5.01. The van der Waals surface area contributed by atoms with E-state index in [4.69, 9.17) is 0 Å². The van der Waals surface area contributed by atoms with E-state index in [0.717, 1.165) is 13.1 Å². The molecule has 3 nitrogen and oxygen atoms in total. The zero-order valence-corrected chi connectivity index (χ0v) is 16.8. The molecule has 2 aliphatic rings. The highest BCUT2D eigenvalue weighted by Gasteiger charge is 2.36. The average Bonchev–Trinajstić information content (AvgIpc) is 2.72. The van der Waals surface area contributed by atoms with E-state index in [0.29, 0.717) is 11.6 Å². The molecular formula is C24H33N3. The Hall–Kier alpha value is -1.84. The number of likely N-dealkylation sites (tertiary alicyclic amines) is 1. The van der Waals surface area contributed by atoms with Gasteiger partial charge in [-0.15, -0.1) is 0 Å². The fraction of sp³-hybridized carbons (Fsp3) is 0.500. The van der Waals surface area contributed by atoms with Crippen molar-refractivity contribution in [2.45, 2.75) is 51.1 Å². The van der Waals surface area contributed by atoms with Gasteiger partial charge in [-0.3, -0.25) is 4.90 Å². The number of piperidine rings is 2. The third-order valence-electron chi connectivity index (χ3n) is 6.62. The molecule has 0 bridgehead atoms. The van der Waals surface area contributed by atoms with Gasteiger partial charge in [0.25, 0.3) is 0 Å². The lowest BCUT2D eigenvalue weighted by molar-refractivity contribution is 0.0493. The van der Waals surface area contributed by atoms with Gasteiger partial charge in [-0.2, -0.15) is 0 Å². The van der Waals surface area contributed by atoms with Crippen molar-refractivity contribution in [1.82, 2.24) is 10.2 Å². The van der Waals surface area contributed by atoms with E-state index in [-0.39, 0.29) is 0 Å². The van der Waals surface area contributed by atoms with Crippen molar-refractivity contribution in [2.24, 2.45) is 0 Å². The first-order valence-corrected chi connectivity index (χ1v) is 10.5. The number of aryl methyl sites for hydroxylation is 1. The van der Waals surface area contributed by atoms with E-state index < -0.39 is 0 Å². The number of rotatable bonds is 4. The third kappa shape index (κ3) is 4.04. The van der Waals surface area contributed by atoms with Crippen LogP contribution >= 0.6 is 0 Å². The van der Waals surface area contributed by atoms with Crippen LogP contribution in [-0.4, -0.2) is 42.7 Å². The Morgan fingerprint density at radius 1 is 0.889 bits per heavy atom. The van der Waals surface area contributed by atoms with E-state index in [1.165, 1.54) is 55.7 Å². The second kappa shape index (κ2) is 8.04. The van der Waals surface area contributed by atoms with Crippen LogP contribution in [0.5, 0.6) is 0 Å². The van der Waals surface area contributed by atoms with Crippen LogP contribution < -0.4 is 10.2 Å². The molecule has 144 valence electrons. The molecule has 2 saturated heterocycles. The SMILES string of the molecule is Cc1ccc(N(c2ccccc2)C2CCN(C3(C)CCNCC3)CC2)cc1. The highest BCUT2D eigenvalue weighted by molar-refractivity contribution is 5.64. The monoisotopic (exact) mass is 363 g/mol. The fourth-order valence-corrected chi connectivity index (χ4v) is 4.81. The van der Waals surface area contributed by atoms with E-state index >= 15 is 0 Å². The van der Waals surface area contributed by atoms with E-state index in [2.05, 4.69) is 83.6 Å². The predicted molar refractivity (Wildman–Crippen MR) is 115 cm³/mol. The van der Waals surface area contributed by atoms with Crippen LogP contribution in [-0.2, 0) is 0 Å². The summed E-state index contributed by atoms with van der Waals surface area (Å²) in [5.41, 5.74) is 4.34. The molecule has 3 heteroatoms. The second-order valence-electron chi connectivity index (χ2n) is 8.51. The van der Waals surface area contributed by atoms with Crippen LogP contribution in [0.25, 0.3) is 0 Å². The van der Waals surface area contributed by atoms with Gasteiger partial charge in [0.15, 0.2) is 0 Å². The first kappa shape index (κ1) is 18.5. The maximum Gasteiger partial charge on any atom is 0.0413 e. The molecule has 0 saturated carbocycles. The summed E-state index contributed by atoms with van der Waals surface area (Å²) in [4.78, 5) is 5.34. The molecule has 0 radical (unpaired) electrons. The van der Waals surface area contributed by atoms with Gasteiger partial charge < -0.3 is 10.2 Å². The molecule has 27 heavy (non-hydrogen) atoms. The van der Waals surface area contributed by atoms with Crippen molar-refractivity contribution in [3.63, 3.8) is 0 Å². The Balaban J connectivity index is 1.53. The Labute approximate surface area is 164 Å². The molecule has 1 N–H and O–H groups in total. The van der Waals surface area contributed by atoms with Crippen molar-refractivity contribution in [3.05, 3.63) is 60.2 Å². The minimum absolute atomic E-state index is 0.387. The van der Waals surface area contributed by atoms with Gasteiger partial charge in [0.1, 0.15) is 0 Å². The second-order valence-corrected chi connectivity index (χ2v) is 8.51. The number of hydrogen-bond acceptors (Lipinski definition) is 3. The number of nitrogens with one attached hydrogen (secondary N) is 1. The van der Waals surface area contributed by atoms with Gasteiger partial charge in [0.05, 0.1) is 0 Å². The Morgan fingerprint density at radius 2 is 1.48 bits per heavy atom. The Kier molecular flexibility index (Phi) is 5.51. The molecule has 0 spiro atoms. The molecular weight excluding hydrogens is 330 g/mol. The lowest BCUT2D eigenvalue weighted by Crippen LogP contribution is -2.56. The first-order chi connectivity index (χ1) is 13.2. The van der Waals surface area contributed by atoms with Gasteiger partial charge in [-0.25, -0.2) is 0 Å². The van der Waals surface area contributed by atoms with Crippen molar-refractivity contribution < 1.29 is 0 Å². The summed E-state index contributed by atoms with van der Waals surface area (Å²) in [6, 6.07) is 20.5. The smallest absolute Gasteiger partial charge is 0.0413 e. The molecule has 4 rings (SSSR count). The number of benzene rings is 2. The van der Waals surface area contributed by atoms with E-state index in [9.17, 15) is 0 Å². The van der Waals surface area contributed by atoms with Crippen molar-refractivity contribution in [2.75, 3.05) is 31.1 Å². The molecule has 0 aromatic heterocycles. The third-order valence-corrected chi connectivity index (χ3v) is 6.62. The lowest BCUT2D eigenvalue weighted by Gasteiger charge is -2.49. The summed E-state index contributed by atoms with van der Waals surface area (Å²) in [5, 5.41) is 3.52. The normalized spacial score (nSPS) is 21.1. The van der Waals surface area contributed by atoms with Crippen molar-refractivity contribution in [3.8, 4) is 0 Å². The molecule has 0 aliphatic carbocycles. The Morgan fingerprint density at radius 3 is 2.11 bits per heavy atom. The lowest BCUT2D eigenvalue weighted by atomic mass is 9.86. The first-order valence-electron chi connectivity index (χ1n) is 10.5. The van der Waals surface area contributed by atoms with Crippen LogP contribution in [0.3, 0.4) is 0 Å². The van der Waals surface area contributed by atoms with Crippen molar-refractivity contribution >= 4 is 11.4 Å². The van der Waals surface area contributed by atoms with Crippen LogP contribution in [0, 0.1) is 6.92 Å². The number of hydrogen-bond donors (Lipinski definition) is 1. The minimum atomic E-state index is 0.387. The predicted octanol–water partition coefficient (Wildman–Crippen LogP) is 4.74. The topological polar surface area (TPSA) is 18.5 Å². The number of para-hydroxylation sites is 1. The zero-order chi connectivity index (χ0) is 18.7. The maximum atomic E-state index is 3.52. The van der Waals surface area contributed by atoms with Crippen LogP contribution in [0.2, 0.25) is 0 Å². The van der Waals surface area contributed by atoms with Crippen LogP contribution in [0.15, 0.2) is 54.6 Å². The van der Waals surface area contributed by atoms with E-state index in [1.807, 2.05) is 0 Å². The molecule has 2 heterocycles. The average molecular weight is 364 g/mol. The van der Waals surface area contributed by atoms with Gasteiger partial charge in [0, 0.05) is 36.0 Å². The Bertz CT molecular complexity index is 711. The van der Waals surface area contributed by atoms with Crippen LogP contribution in [0.4, 0.5) is 11.4 Å².